The molecule has 9 heteroatoms. The van der Waals surface area contributed by atoms with Crippen LogP contribution in [0.3, 0.4) is 0 Å². The van der Waals surface area contributed by atoms with Crippen LogP contribution in [0.1, 0.15) is 6.42 Å². The molecule has 2 rings (SSSR count). The maximum Gasteiger partial charge on any atom is 0.305 e. The molecule has 8 nitrogen and oxygen atoms in total. The van der Waals surface area contributed by atoms with E-state index in [1.807, 2.05) is 0 Å². The van der Waals surface area contributed by atoms with E-state index in [-0.39, 0.29) is 19.8 Å². The number of amides is 2. The molecule has 0 spiro atoms. The van der Waals surface area contributed by atoms with Crippen molar-refractivity contribution < 1.29 is 29.0 Å². The highest BCUT2D eigenvalue weighted by atomic mass is 35.5. The third kappa shape index (κ3) is 4.65. The van der Waals surface area contributed by atoms with Crippen molar-refractivity contribution in [3.05, 3.63) is 29.3 Å². The highest BCUT2D eigenvalue weighted by Crippen LogP contribution is 2.22. The first kappa shape index (κ1) is 17.2. The van der Waals surface area contributed by atoms with Gasteiger partial charge in [-0.3, -0.25) is 14.4 Å². The summed E-state index contributed by atoms with van der Waals surface area (Å²) in [4.78, 5) is 34.6. The van der Waals surface area contributed by atoms with Crippen LogP contribution in [-0.2, 0) is 23.9 Å². The fraction of sp³-hybridized carbons (Fsp3) is 0.357. The van der Waals surface area contributed by atoms with Gasteiger partial charge in [-0.1, -0.05) is 23.7 Å². The average molecular weight is 343 g/mol. The molecule has 1 aromatic rings. The van der Waals surface area contributed by atoms with Crippen LogP contribution in [0.15, 0.2) is 24.3 Å². The smallest absolute Gasteiger partial charge is 0.305 e. The van der Waals surface area contributed by atoms with Crippen LogP contribution in [0.4, 0.5) is 5.69 Å². The Kier molecular flexibility index (Phi) is 5.91. The van der Waals surface area contributed by atoms with Gasteiger partial charge in [-0.25, -0.2) is 0 Å². The van der Waals surface area contributed by atoms with E-state index in [4.69, 9.17) is 26.2 Å². The van der Waals surface area contributed by atoms with Gasteiger partial charge in [-0.2, -0.15) is 0 Å². The van der Waals surface area contributed by atoms with Crippen molar-refractivity contribution in [3.8, 4) is 0 Å². The molecular weight excluding hydrogens is 328 g/mol. The molecule has 1 aliphatic heterocycles. The quantitative estimate of drug-likeness (QED) is 0.698. The summed E-state index contributed by atoms with van der Waals surface area (Å²) in [6.45, 7) is -0.273. The lowest BCUT2D eigenvalue weighted by Crippen LogP contribution is -2.46. The lowest BCUT2D eigenvalue weighted by atomic mass is 10.1. The molecule has 0 aliphatic carbocycles. The summed E-state index contributed by atoms with van der Waals surface area (Å²) >= 11 is 5.95. The fourth-order valence-corrected chi connectivity index (χ4v) is 2.13. The van der Waals surface area contributed by atoms with Crippen LogP contribution in [0.25, 0.3) is 0 Å². The summed E-state index contributed by atoms with van der Waals surface area (Å²) in [5.41, 5.74) is 0.389. The van der Waals surface area contributed by atoms with E-state index < -0.39 is 30.0 Å². The van der Waals surface area contributed by atoms with Gasteiger partial charge in [0.1, 0.15) is 6.79 Å². The highest BCUT2D eigenvalue weighted by molar-refractivity contribution is 6.33. The number of anilines is 1. The van der Waals surface area contributed by atoms with Gasteiger partial charge >= 0.3 is 5.97 Å². The van der Waals surface area contributed by atoms with Crippen LogP contribution in [-0.4, -0.2) is 48.4 Å². The second kappa shape index (κ2) is 7.91. The largest absolute Gasteiger partial charge is 0.481 e. The van der Waals surface area contributed by atoms with Crippen molar-refractivity contribution in [1.29, 1.82) is 0 Å². The number of nitrogens with one attached hydrogen (secondary N) is 2. The maximum atomic E-state index is 12.2. The van der Waals surface area contributed by atoms with Gasteiger partial charge in [-0.05, 0) is 12.1 Å². The summed E-state index contributed by atoms with van der Waals surface area (Å²) in [5, 5.41) is 13.8. The number of ether oxygens (including phenoxy) is 2. The lowest BCUT2D eigenvalue weighted by Gasteiger charge is -2.16. The number of benzene rings is 1. The number of rotatable bonds is 6. The van der Waals surface area contributed by atoms with E-state index in [0.717, 1.165) is 0 Å². The molecule has 1 heterocycles. The van der Waals surface area contributed by atoms with Crippen molar-refractivity contribution in [3.63, 3.8) is 0 Å². The van der Waals surface area contributed by atoms with E-state index >= 15 is 0 Å². The highest BCUT2D eigenvalue weighted by Gasteiger charge is 2.40. The Morgan fingerprint density at radius 1 is 1.17 bits per heavy atom. The molecule has 1 saturated heterocycles. The molecule has 0 unspecified atom stereocenters. The number of hydrogen-bond donors (Lipinski definition) is 3. The van der Waals surface area contributed by atoms with Gasteiger partial charge in [0.2, 0.25) is 0 Å². The molecule has 23 heavy (non-hydrogen) atoms. The zero-order chi connectivity index (χ0) is 16.8. The van der Waals surface area contributed by atoms with Crippen LogP contribution < -0.4 is 10.6 Å². The topological polar surface area (TPSA) is 114 Å². The molecule has 2 amide bonds. The van der Waals surface area contributed by atoms with Gasteiger partial charge in [0.05, 0.1) is 17.1 Å². The van der Waals surface area contributed by atoms with E-state index in [2.05, 4.69) is 10.6 Å². The van der Waals surface area contributed by atoms with E-state index in [0.29, 0.717) is 10.7 Å². The summed E-state index contributed by atoms with van der Waals surface area (Å²) in [5.74, 6) is -2.22. The minimum atomic E-state index is -1.15. The number of carboxylic acid groups (broad SMARTS) is 1. The first-order valence-electron chi connectivity index (χ1n) is 6.77. The SMILES string of the molecule is O=C(O)CCNC(=O)[C@@H]1OCO[C@H]1C(=O)Nc1ccccc1Cl. The average Bonchev–Trinajstić information content (AvgIpc) is 2.98. The number of hydrogen-bond acceptors (Lipinski definition) is 5. The van der Waals surface area contributed by atoms with Gasteiger partial charge in [0, 0.05) is 6.54 Å². The first-order valence-corrected chi connectivity index (χ1v) is 7.15. The third-order valence-electron chi connectivity index (χ3n) is 3.06. The predicted molar refractivity (Wildman–Crippen MR) is 80.0 cm³/mol. The number of carboxylic acids is 1. The number of aliphatic carboxylic acids is 1. The van der Waals surface area contributed by atoms with Crippen LogP contribution in [0.2, 0.25) is 5.02 Å². The minimum Gasteiger partial charge on any atom is -0.481 e. The Morgan fingerprint density at radius 3 is 2.48 bits per heavy atom. The molecule has 1 aromatic carbocycles. The molecule has 0 aromatic heterocycles. The number of carbonyl (C=O) groups is 3. The van der Waals surface area contributed by atoms with Crippen molar-refractivity contribution in [2.75, 3.05) is 18.7 Å². The van der Waals surface area contributed by atoms with Crippen LogP contribution in [0, 0.1) is 0 Å². The molecule has 124 valence electrons. The van der Waals surface area contributed by atoms with Crippen molar-refractivity contribution in [2.24, 2.45) is 0 Å². The summed E-state index contributed by atoms with van der Waals surface area (Å²) in [6.07, 6.45) is -2.52. The third-order valence-corrected chi connectivity index (χ3v) is 3.39. The minimum absolute atomic E-state index is 0.0626. The van der Waals surface area contributed by atoms with Crippen molar-refractivity contribution in [2.45, 2.75) is 18.6 Å². The zero-order valence-electron chi connectivity index (χ0n) is 12.0. The van der Waals surface area contributed by atoms with E-state index in [1.54, 1.807) is 24.3 Å². The summed E-state index contributed by atoms with van der Waals surface area (Å²) < 4.78 is 10.2. The second-order valence-corrected chi connectivity index (χ2v) is 5.10. The van der Waals surface area contributed by atoms with Crippen LogP contribution in [0.5, 0.6) is 0 Å². The maximum absolute atomic E-state index is 12.2. The molecule has 0 bridgehead atoms. The monoisotopic (exact) mass is 342 g/mol. The first-order chi connectivity index (χ1) is 11.0. The van der Waals surface area contributed by atoms with Gasteiger partial charge in [0.15, 0.2) is 12.2 Å². The second-order valence-electron chi connectivity index (χ2n) is 4.70. The Morgan fingerprint density at radius 2 is 1.83 bits per heavy atom. The summed E-state index contributed by atoms with van der Waals surface area (Å²) in [7, 11) is 0. The van der Waals surface area contributed by atoms with E-state index in [1.165, 1.54) is 0 Å². The van der Waals surface area contributed by atoms with Gasteiger partial charge < -0.3 is 25.2 Å². The van der Waals surface area contributed by atoms with Gasteiger partial charge in [0.25, 0.3) is 11.8 Å². The molecule has 1 aliphatic rings. The Labute approximate surface area is 136 Å². The Bertz CT molecular complexity index is 609. The predicted octanol–water partition coefficient (Wildman–Crippen LogP) is 0.611. The lowest BCUT2D eigenvalue weighted by molar-refractivity contribution is -0.138. The van der Waals surface area contributed by atoms with E-state index in [9.17, 15) is 14.4 Å². The Balaban J connectivity index is 1.95. The number of carbonyl (C=O) groups excluding carboxylic acids is 2. The molecular formula is C14H15ClN2O6. The Hall–Kier alpha value is -2.16. The van der Waals surface area contributed by atoms with Crippen LogP contribution >= 0.6 is 11.6 Å². The molecule has 2 atom stereocenters. The molecule has 0 radical (unpaired) electrons. The standard InChI is InChI=1S/C14H15ClN2O6/c15-8-3-1-2-4-9(8)17-14(21)12-11(22-7-23-12)13(20)16-6-5-10(18)19/h1-4,11-12H,5-7H2,(H,16,20)(H,17,21)(H,18,19)/t11-,12-/m1/s1. The number of para-hydroxylation sites is 1. The van der Waals surface area contributed by atoms with Crippen molar-refractivity contribution in [1.82, 2.24) is 5.32 Å². The fourth-order valence-electron chi connectivity index (χ4n) is 1.95. The number of halogens is 1. The summed E-state index contributed by atoms with van der Waals surface area (Å²) in [6, 6.07) is 6.63. The zero-order valence-corrected chi connectivity index (χ0v) is 12.7. The van der Waals surface area contributed by atoms with Crippen molar-refractivity contribution >= 4 is 35.1 Å². The normalized spacial score (nSPS) is 20.0. The molecule has 1 fully saturated rings. The molecule has 3 N–H and O–H groups in total. The molecule has 0 saturated carbocycles. The van der Waals surface area contributed by atoms with Gasteiger partial charge in [-0.15, -0.1) is 0 Å².